The number of nitrogens with one attached hydrogen (secondary N) is 3. The van der Waals surface area contributed by atoms with Crippen LogP contribution in [0.4, 0.5) is 4.79 Å². The summed E-state index contributed by atoms with van der Waals surface area (Å²) in [6.45, 7) is 7.83. The highest BCUT2D eigenvalue weighted by Gasteiger charge is 2.14. The molecule has 1 rings (SSSR count). The van der Waals surface area contributed by atoms with Gasteiger partial charge in [-0.2, -0.15) is 0 Å². The summed E-state index contributed by atoms with van der Waals surface area (Å²) in [6.07, 6.45) is 1.93. The van der Waals surface area contributed by atoms with E-state index in [4.69, 9.17) is 0 Å². The van der Waals surface area contributed by atoms with E-state index in [2.05, 4.69) is 49.6 Å². The lowest BCUT2D eigenvalue weighted by molar-refractivity contribution is -0.885. The Morgan fingerprint density at radius 3 is 2.59 bits per heavy atom. The van der Waals surface area contributed by atoms with E-state index >= 15 is 0 Å². The highest BCUT2D eigenvalue weighted by molar-refractivity contribution is 5.94. The molecule has 3 N–H and O–H groups in total. The maximum absolute atomic E-state index is 11.8. The van der Waals surface area contributed by atoms with Crippen molar-refractivity contribution in [1.29, 1.82) is 0 Å². The van der Waals surface area contributed by atoms with Crippen LogP contribution >= 0.6 is 0 Å². The molecule has 3 amide bonds. The van der Waals surface area contributed by atoms with Gasteiger partial charge in [-0.1, -0.05) is 37.1 Å². The Hall–Kier alpha value is -1.88. The fourth-order valence-corrected chi connectivity index (χ4v) is 2.30. The van der Waals surface area contributed by atoms with Crippen LogP contribution in [0.1, 0.15) is 36.5 Å². The second-order valence-corrected chi connectivity index (χ2v) is 5.90. The number of amides is 3. The van der Waals surface area contributed by atoms with Crippen molar-refractivity contribution in [3.63, 3.8) is 0 Å². The maximum atomic E-state index is 11.8. The largest absolute Gasteiger partial charge is 0.338 e. The minimum atomic E-state index is -0.405. The van der Waals surface area contributed by atoms with Crippen LogP contribution in [0, 0.1) is 13.8 Å². The van der Waals surface area contributed by atoms with Crippen molar-refractivity contribution in [3.05, 3.63) is 34.9 Å². The van der Waals surface area contributed by atoms with Gasteiger partial charge in [-0.25, -0.2) is 4.79 Å². The zero-order valence-corrected chi connectivity index (χ0v) is 14.1. The summed E-state index contributed by atoms with van der Waals surface area (Å²) in [7, 11) is 1.95. The van der Waals surface area contributed by atoms with Gasteiger partial charge in [-0.3, -0.25) is 10.1 Å². The predicted octanol–water partition coefficient (Wildman–Crippen LogP) is 0.944. The summed E-state index contributed by atoms with van der Waals surface area (Å²) >= 11 is 0. The molecular weight excluding hydrogens is 278 g/mol. The third kappa shape index (κ3) is 6.72. The number of imide groups is 1. The van der Waals surface area contributed by atoms with Gasteiger partial charge >= 0.3 is 6.03 Å². The fraction of sp³-hybridized carbons (Fsp3) is 0.529. The van der Waals surface area contributed by atoms with E-state index in [-0.39, 0.29) is 12.5 Å². The topological polar surface area (TPSA) is 62.6 Å². The normalized spacial score (nSPS) is 11.8. The lowest BCUT2D eigenvalue weighted by Gasteiger charge is -2.15. The first kappa shape index (κ1) is 18.2. The molecule has 0 aliphatic heterocycles. The second kappa shape index (κ2) is 9.20. The summed E-state index contributed by atoms with van der Waals surface area (Å²) in [5.74, 6) is -0.253. The Morgan fingerprint density at radius 1 is 1.23 bits per heavy atom. The Morgan fingerprint density at radius 2 is 1.95 bits per heavy atom. The Labute approximate surface area is 133 Å². The molecule has 0 heterocycles. The molecule has 0 aliphatic carbocycles. The number of likely N-dealkylation sites (N-methyl/N-ethyl adjacent to an activating group) is 1. The fourth-order valence-electron chi connectivity index (χ4n) is 2.30. The minimum Gasteiger partial charge on any atom is -0.338 e. The molecule has 0 bridgehead atoms. The average Bonchev–Trinajstić information content (AvgIpc) is 2.42. The van der Waals surface area contributed by atoms with Crippen LogP contribution < -0.4 is 15.5 Å². The molecule has 22 heavy (non-hydrogen) atoms. The van der Waals surface area contributed by atoms with Crippen LogP contribution in [0.15, 0.2) is 18.2 Å². The first-order chi connectivity index (χ1) is 10.4. The van der Waals surface area contributed by atoms with Crippen LogP contribution in [-0.4, -0.2) is 32.1 Å². The summed E-state index contributed by atoms with van der Waals surface area (Å²) in [6, 6.07) is 5.92. The third-order valence-electron chi connectivity index (χ3n) is 3.52. The monoisotopic (exact) mass is 306 g/mol. The van der Waals surface area contributed by atoms with Gasteiger partial charge in [0.15, 0.2) is 6.54 Å². The number of quaternary nitrogens is 1. The van der Waals surface area contributed by atoms with Crippen LogP contribution in [-0.2, 0) is 11.3 Å². The lowest BCUT2D eigenvalue weighted by atomic mass is 10.1. The van der Waals surface area contributed by atoms with Crippen molar-refractivity contribution in [2.75, 3.05) is 20.1 Å². The molecule has 0 saturated heterocycles. The zero-order valence-electron chi connectivity index (χ0n) is 14.1. The molecule has 0 saturated carbocycles. The highest BCUT2D eigenvalue weighted by Crippen LogP contribution is 2.08. The van der Waals surface area contributed by atoms with Crippen molar-refractivity contribution in [2.45, 2.75) is 40.2 Å². The SMILES string of the molecule is CCCCNC(=O)NC(=O)C[NH+](C)Cc1ccc(C)cc1C. The number of carbonyl (C=O) groups is 2. The van der Waals surface area contributed by atoms with Gasteiger partial charge < -0.3 is 10.2 Å². The van der Waals surface area contributed by atoms with Gasteiger partial charge in [0.1, 0.15) is 6.54 Å². The maximum Gasteiger partial charge on any atom is 0.321 e. The van der Waals surface area contributed by atoms with Gasteiger partial charge in [-0.05, 0) is 25.8 Å². The van der Waals surface area contributed by atoms with E-state index < -0.39 is 6.03 Å². The zero-order chi connectivity index (χ0) is 16.5. The van der Waals surface area contributed by atoms with Crippen molar-refractivity contribution in [2.24, 2.45) is 0 Å². The molecule has 1 atom stereocenters. The van der Waals surface area contributed by atoms with Gasteiger partial charge in [0.05, 0.1) is 7.05 Å². The third-order valence-corrected chi connectivity index (χ3v) is 3.52. The Kier molecular flexibility index (Phi) is 7.60. The standard InChI is InChI=1S/C17H27N3O2/c1-5-6-9-18-17(22)19-16(21)12-20(4)11-15-8-7-13(2)10-14(15)3/h7-8,10H,5-6,9,11-12H2,1-4H3,(H2,18,19,21,22)/p+1. The summed E-state index contributed by atoms with van der Waals surface area (Å²) < 4.78 is 0. The number of hydrogen-bond acceptors (Lipinski definition) is 2. The van der Waals surface area contributed by atoms with Crippen molar-refractivity contribution < 1.29 is 14.5 Å². The van der Waals surface area contributed by atoms with E-state index in [9.17, 15) is 9.59 Å². The molecule has 0 radical (unpaired) electrons. The number of aryl methyl sites for hydroxylation is 2. The average molecular weight is 306 g/mol. The first-order valence-electron chi connectivity index (χ1n) is 7.87. The van der Waals surface area contributed by atoms with E-state index in [1.807, 2.05) is 7.05 Å². The molecule has 1 aromatic rings. The van der Waals surface area contributed by atoms with E-state index in [0.29, 0.717) is 6.54 Å². The Bertz CT molecular complexity index is 515. The van der Waals surface area contributed by atoms with Gasteiger partial charge in [0, 0.05) is 12.1 Å². The van der Waals surface area contributed by atoms with E-state index in [1.165, 1.54) is 16.7 Å². The van der Waals surface area contributed by atoms with Crippen molar-refractivity contribution in [3.8, 4) is 0 Å². The van der Waals surface area contributed by atoms with E-state index in [0.717, 1.165) is 24.3 Å². The smallest absolute Gasteiger partial charge is 0.321 e. The Balaban J connectivity index is 2.39. The van der Waals surface area contributed by atoms with Crippen LogP contribution in [0.5, 0.6) is 0 Å². The highest BCUT2D eigenvalue weighted by atomic mass is 16.2. The summed E-state index contributed by atoms with van der Waals surface area (Å²) in [4.78, 5) is 24.4. The number of benzene rings is 1. The van der Waals surface area contributed by atoms with E-state index in [1.54, 1.807) is 0 Å². The summed E-state index contributed by atoms with van der Waals surface area (Å²) in [5.41, 5.74) is 3.70. The molecule has 0 aliphatic rings. The van der Waals surface area contributed by atoms with Gasteiger partial charge in [0.2, 0.25) is 0 Å². The minimum absolute atomic E-state index is 0.253. The molecule has 5 nitrogen and oxygen atoms in total. The lowest BCUT2D eigenvalue weighted by Crippen LogP contribution is -3.09. The summed E-state index contributed by atoms with van der Waals surface area (Å²) in [5, 5.41) is 5.04. The molecule has 0 spiro atoms. The molecular formula is C17H28N3O2+. The van der Waals surface area contributed by atoms with Crippen LogP contribution in [0.3, 0.4) is 0 Å². The predicted molar refractivity (Wildman–Crippen MR) is 87.8 cm³/mol. The number of urea groups is 1. The quantitative estimate of drug-likeness (QED) is 0.657. The molecule has 0 aromatic heterocycles. The van der Waals surface area contributed by atoms with Gasteiger partial charge in [-0.15, -0.1) is 0 Å². The van der Waals surface area contributed by atoms with Crippen LogP contribution in [0.25, 0.3) is 0 Å². The van der Waals surface area contributed by atoms with Crippen molar-refractivity contribution >= 4 is 11.9 Å². The molecule has 5 heteroatoms. The molecule has 1 unspecified atom stereocenters. The van der Waals surface area contributed by atoms with Crippen LogP contribution in [0.2, 0.25) is 0 Å². The molecule has 0 fully saturated rings. The molecule has 122 valence electrons. The van der Waals surface area contributed by atoms with Crippen molar-refractivity contribution in [1.82, 2.24) is 10.6 Å². The first-order valence-corrected chi connectivity index (χ1v) is 7.87. The molecule has 1 aromatic carbocycles. The second-order valence-electron chi connectivity index (χ2n) is 5.90. The number of rotatable bonds is 7. The van der Waals surface area contributed by atoms with Gasteiger partial charge in [0.25, 0.3) is 5.91 Å². The number of unbranched alkanes of at least 4 members (excludes halogenated alkanes) is 1. The number of carbonyl (C=O) groups excluding carboxylic acids is 2. The number of hydrogen-bond donors (Lipinski definition) is 3.